The van der Waals surface area contributed by atoms with Gasteiger partial charge in [-0.15, -0.1) is 0 Å². The molecule has 0 radical (unpaired) electrons. The van der Waals surface area contributed by atoms with Crippen LogP contribution in [0.25, 0.3) is 0 Å². The average molecular weight is 360 g/mol. The van der Waals surface area contributed by atoms with E-state index in [0.717, 1.165) is 6.07 Å². The van der Waals surface area contributed by atoms with Crippen LogP contribution in [0.2, 0.25) is 0 Å². The normalized spacial score (nSPS) is 12.9. The van der Waals surface area contributed by atoms with Gasteiger partial charge in [0.15, 0.2) is 11.6 Å². The van der Waals surface area contributed by atoms with E-state index in [1.54, 1.807) is 4.68 Å². The summed E-state index contributed by atoms with van der Waals surface area (Å²) in [6.45, 7) is 1.24. The summed E-state index contributed by atoms with van der Waals surface area (Å²) in [5.41, 5.74) is 0.295. The Morgan fingerprint density at radius 2 is 2.10 bits per heavy atom. The maximum absolute atomic E-state index is 13.8. The molecule has 7 heteroatoms. The average Bonchev–Trinajstić information content (AvgIpc) is 2.80. The number of likely N-dealkylation sites (N-methyl/N-ethyl adjacent to an activating group) is 1. The summed E-state index contributed by atoms with van der Waals surface area (Å²) >= 11 is 3.29. The topological polar surface area (TPSA) is 41.3 Å². The Labute approximate surface area is 130 Å². The zero-order chi connectivity index (χ0) is 15.6. The smallest absolute Gasteiger partial charge is 0.165 e. The SMILES string of the molecule is CN(C)CCn1ncc(Br)c1C(O)c1cccc(F)c1F. The lowest BCUT2D eigenvalue weighted by molar-refractivity contribution is 0.198. The monoisotopic (exact) mass is 359 g/mol. The number of halogens is 3. The highest BCUT2D eigenvalue weighted by molar-refractivity contribution is 9.10. The molecule has 0 saturated heterocycles. The van der Waals surface area contributed by atoms with Crippen molar-refractivity contribution in [3.63, 3.8) is 0 Å². The number of hydrogen-bond donors (Lipinski definition) is 1. The van der Waals surface area contributed by atoms with Crippen molar-refractivity contribution >= 4 is 15.9 Å². The maximum atomic E-state index is 13.8. The number of benzene rings is 1. The van der Waals surface area contributed by atoms with Gasteiger partial charge in [-0.2, -0.15) is 5.10 Å². The number of rotatable bonds is 5. The van der Waals surface area contributed by atoms with E-state index in [2.05, 4.69) is 21.0 Å². The molecule has 0 aliphatic carbocycles. The van der Waals surface area contributed by atoms with E-state index >= 15 is 0 Å². The fourth-order valence-electron chi connectivity index (χ4n) is 2.00. The standard InChI is InChI=1S/C14H16BrF2N3O/c1-19(2)6-7-20-13(10(15)8-18-20)14(21)9-4-3-5-11(16)12(9)17/h3-5,8,14,21H,6-7H2,1-2H3. The van der Waals surface area contributed by atoms with Gasteiger partial charge in [-0.1, -0.05) is 12.1 Å². The molecular weight excluding hydrogens is 344 g/mol. The van der Waals surface area contributed by atoms with Gasteiger partial charge in [-0.3, -0.25) is 4.68 Å². The minimum Gasteiger partial charge on any atom is -0.382 e. The molecule has 0 spiro atoms. The van der Waals surface area contributed by atoms with Crippen molar-refractivity contribution in [2.75, 3.05) is 20.6 Å². The number of hydrogen-bond acceptors (Lipinski definition) is 3. The Morgan fingerprint density at radius 3 is 2.76 bits per heavy atom. The van der Waals surface area contributed by atoms with Crippen LogP contribution < -0.4 is 0 Å². The van der Waals surface area contributed by atoms with Crippen LogP contribution in [0, 0.1) is 11.6 Å². The van der Waals surface area contributed by atoms with Crippen LogP contribution in [0.15, 0.2) is 28.9 Å². The molecule has 1 atom stereocenters. The Balaban J connectivity index is 2.36. The quantitative estimate of drug-likeness (QED) is 0.891. The molecule has 1 unspecified atom stereocenters. The summed E-state index contributed by atoms with van der Waals surface area (Å²) in [6.07, 6.45) is 0.241. The highest BCUT2D eigenvalue weighted by atomic mass is 79.9. The molecule has 21 heavy (non-hydrogen) atoms. The number of aromatic nitrogens is 2. The lowest BCUT2D eigenvalue weighted by atomic mass is 10.1. The van der Waals surface area contributed by atoms with Gasteiger partial charge in [0, 0.05) is 12.1 Å². The Morgan fingerprint density at radius 1 is 1.38 bits per heavy atom. The van der Waals surface area contributed by atoms with Gasteiger partial charge in [0.2, 0.25) is 0 Å². The van der Waals surface area contributed by atoms with Crippen molar-refractivity contribution in [2.24, 2.45) is 0 Å². The van der Waals surface area contributed by atoms with Gasteiger partial charge < -0.3 is 10.0 Å². The summed E-state index contributed by atoms with van der Waals surface area (Å²) < 4.78 is 29.3. The fraction of sp³-hybridized carbons (Fsp3) is 0.357. The third-order valence-corrected chi connectivity index (χ3v) is 3.74. The third-order valence-electron chi connectivity index (χ3n) is 3.13. The Hall–Kier alpha value is -1.31. The summed E-state index contributed by atoms with van der Waals surface area (Å²) in [4.78, 5) is 1.97. The molecule has 0 aliphatic heterocycles. The molecule has 1 N–H and O–H groups in total. The Bertz CT molecular complexity index is 631. The molecule has 0 fully saturated rings. The molecule has 1 heterocycles. The van der Waals surface area contributed by atoms with Crippen LogP contribution in [0.3, 0.4) is 0 Å². The van der Waals surface area contributed by atoms with Crippen molar-refractivity contribution in [3.05, 3.63) is 51.8 Å². The molecule has 4 nitrogen and oxygen atoms in total. The first-order chi connectivity index (χ1) is 9.91. The first-order valence-corrected chi connectivity index (χ1v) is 7.19. The number of aliphatic hydroxyl groups excluding tert-OH is 1. The third kappa shape index (κ3) is 3.48. The van der Waals surface area contributed by atoms with E-state index < -0.39 is 17.7 Å². The van der Waals surface area contributed by atoms with Crippen LogP contribution in [-0.2, 0) is 6.54 Å². The number of nitrogens with zero attached hydrogens (tertiary/aromatic N) is 3. The van der Waals surface area contributed by atoms with E-state index in [1.165, 1.54) is 18.3 Å². The van der Waals surface area contributed by atoms with Crippen LogP contribution in [-0.4, -0.2) is 40.4 Å². The van der Waals surface area contributed by atoms with E-state index in [0.29, 0.717) is 23.3 Å². The summed E-state index contributed by atoms with van der Waals surface area (Å²) in [6, 6.07) is 3.74. The van der Waals surface area contributed by atoms with Gasteiger partial charge in [0.1, 0.15) is 6.10 Å². The first kappa shape index (κ1) is 16.1. The van der Waals surface area contributed by atoms with Gasteiger partial charge >= 0.3 is 0 Å². The molecule has 2 rings (SSSR count). The largest absolute Gasteiger partial charge is 0.382 e. The summed E-state index contributed by atoms with van der Waals surface area (Å²) in [5, 5.41) is 14.6. The molecule has 0 saturated carbocycles. The molecular formula is C14H16BrF2N3O. The van der Waals surface area contributed by atoms with Crippen LogP contribution in [0.5, 0.6) is 0 Å². The van der Waals surface area contributed by atoms with E-state index in [9.17, 15) is 13.9 Å². The van der Waals surface area contributed by atoms with Gasteiger partial charge in [-0.25, -0.2) is 8.78 Å². The molecule has 2 aromatic rings. The number of aliphatic hydroxyl groups is 1. The van der Waals surface area contributed by atoms with Crippen molar-refractivity contribution in [3.8, 4) is 0 Å². The molecule has 1 aromatic heterocycles. The second-order valence-corrected chi connectivity index (χ2v) is 5.80. The van der Waals surface area contributed by atoms with Gasteiger partial charge in [0.05, 0.1) is 22.9 Å². The zero-order valence-corrected chi connectivity index (χ0v) is 13.3. The zero-order valence-electron chi connectivity index (χ0n) is 11.7. The van der Waals surface area contributed by atoms with E-state index in [1.807, 2.05) is 19.0 Å². The van der Waals surface area contributed by atoms with Gasteiger partial charge in [-0.05, 0) is 36.1 Å². The van der Waals surface area contributed by atoms with Crippen molar-refractivity contribution < 1.29 is 13.9 Å². The van der Waals surface area contributed by atoms with Crippen molar-refractivity contribution in [2.45, 2.75) is 12.6 Å². The van der Waals surface area contributed by atoms with Crippen LogP contribution in [0.1, 0.15) is 17.4 Å². The molecule has 114 valence electrons. The first-order valence-electron chi connectivity index (χ1n) is 6.39. The lowest BCUT2D eigenvalue weighted by Gasteiger charge is -2.17. The van der Waals surface area contributed by atoms with E-state index in [4.69, 9.17) is 0 Å². The maximum Gasteiger partial charge on any atom is 0.165 e. The fourth-order valence-corrected chi connectivity index (χ4v) is 2.51. The predicted molar refractivity (Wildman–Crippen MR) is 78.9 cm³/mol. The van der Waals surface area contributed by atoms with Crippen molar-refractivity contribution in [1.82, 2.24) is 14.7 Å². The minimum atomic E-state index is -1.29. The minimum absolute atomic E-state index is 0.109. The van der Waals surface area contributed by atoms with Crippen LogP contribution >= 0.6 is 15.9 Å². The lowest BCUT2D eigenvalue weighted by Crippen LogP contribution is -2.21. The van der Waals surface area contributed by atoms with Gasteiger partial charge in [0.25, 0.3) is 0 Å². The highest BCUT2D eigenvalue weighted by Gasteiger charge is 2.23. The van der Waals surface area contributed by atoms with Crippen molar-refractivity contribution in [1.29, 1.82) is 0 Å². The van der Waals surface area contributed by atoms with Crippen LogP contribution in [0.4, 0.5) is 8.78 Å². The molecule has 0 amide bonds. The molecule has 0 aliphatic rings. The second kappa shape index (κ2) is 6.64. The predicted octanol–water partition coefficient (Wildman–Crippen LogP) is 2.57. The molecule has 1 aromatic carbocycles. The summed E-state index contributed by atoms with van der Waals surface area (Å²) in [7, 11) is 3.84. The molecule has 0 bridgehead atoms. The second-order valence-electron chi connectivity index (χ2n) is 4.95. The summed E-state index contributed by atoms with van der Waals surface area (Å²) in [5.74, 6) is -2.03. The highest BCUT2D eigenvalue weighted by Crippen LogP contribution is 2.30. The van der Waals surface area contributed by atoms with E-state index in [-0.39, 0.29) is 5.56 Å². The Kier molecular flexibility index (Phi) is 5.08.